The van der Waals surface area contributed by atoms with Gasteiger partial charge in [-0.2, -0.15) is 0 Å². The summed E-state index contributed by atoms with van der Waals surface area (Å²) in [6.45, 7) is 1.67. The fourth-order valence-corrected chi connectivity index (χ4v) is 4.14. The van der Waals surface area contributed by atoms with Crippen LogP contribution in [0.15, 0.2) is 42.7 Å². The number of carbonyl (C=O) groups excluding carboxylic acids is 1. The molecule has 1 aromatic heterocycles. The Morgan fingerprint density at radius 3 is 2.50 bits per heavy atom. The smallest absolute Gasteiger partial charge is 0.229 e. The summed E-state index contributed by atoms with van der Waals surface area (Å²) in [6, 6.07) is 10.8. The fraction of sp³-hybridized carbons (Fsp3) is 0.526. The maximum absolute atomic E-state index is 13.2. The van der Waals surface area contributed by atoms with Gasteiger partial charge in [-0.05, 0) is 37.7 Å². The fourth-order valence-electron chi connectivity index (χ4n) is 4.14. The van der Waals surface area contributed by atoms with Gasteiger partial charge in [-0.25, -0.2) is 4.68 Å². The van der Waals surface area contributed by atoms with Crippen molar-refractivity contribution in [3.05, 3.63) is 48.3 Å². The Labute approximate surface area is 142 Å². The summed E-state index contributed by atoms with van der Waals surface area (Å²) in [5, 5.41) is 8.00. The first kappa shape index (κ1) is 15.4. The number of likely N-dealkylation sites (tertiary alicyclic amines) is 1. The Balaban J connectivity index is 1.41. The zero-order chi connectivity index (χ0) is 16.4. The Hall–Kier alpha value is -2.17. The highest BCUT2D eigenvalue weighted by Gasteiger charge is 2.46. The van der Waals surface area contributed by atoms with Crippen molar-refractivity contribution in [2.75, 3.05) is 13.1 Å². The van der Waals surface area contributed by atoms with Gasteiger partial charge in [0, 0.05) is 19.3 Å². The van der Waals surface area contributed by atoms with Crippen LogP contribution in [-0.4, -0.2) is 38.9 Å². The predicted molar refractivity (Wildman–Crippen MR) is 91.3 cm³/mol. The van der Waals surface area contributed by atoms with Gasteiger partial charge < -0.3 is 4.90 Å². The summed E-state index contributed by atoms with van der Waals surface area (Å²) in [5.41, 5.74) is 1.13. The van der Waals surface area contributed by atoms with Gasteiger partial charge in [-0.15, -0.1) is 5.10 Å². The second-order valence-corrected chi connectivity index (χ2v) is 7.20. The lowest BCUT2D eigenvalue weighted by Gasteiger charge is -2.45. The molecule has 1 aromatic carbocycles. The largest absolute Gasteiger partial charge is 0.342 e. The van der Waals surface area contributed by atoms with Crippen molar-refractivity contribution in [3.63, 3.8) is 0 Å². The summed E-state index contributed by atoms with van der Waals surface area (Å²) in [7, 11) is 0. The number of benzene rings is 1. The van der Waals surface area contributed by atoms with Gasteiger partial charge >= 0.3 is 0 Å². The summed E-state index contributed by atoms with van der Waals surface area (Å²) < 4.78 is 1.94. The van der Waals surface area contributed by atoms with E-state index in [9.17, 15) is 4.79 Å². The lowest BCUT2D eigenvalue weighted by Crippen LogP contribution is -2.51. The lowest BCUT2D eigenvalue weighted by molar-refractivity contribution is -0.149. The van der Waals surface area contributed by atoms with Crippen molar-refractivity contribution in [3.8, 4) is 0 Å². The van der Waals surface area contributed by atoms with Crippen LogP contribution in [0.4, 0.5) is 0 Å². The van der Waals surface area contributed by atoms with Crippen LogP contribution in [0.25, 0.3) is 0 Å². The van der Waals surface area contributed by atoms with Crippen LogP contribution < -0.4 is 0 Å². The van der Waals surface area contributed by atoms with E-state index in [4.69, 9.17) is 0 Å². The van der Waals surface area contributed by atoms with Crippen molar-refractivity contribution in [1.82, 2.24) is 19.9 Å². The zero-order valence-electron chi connectivity index (χ0n) is 14.0. The molecule has 126 valence electrons. The van der Waals surface area contributed by atoms with Gasteiger partial charge in [0.15, 0.2) is 0 Å². The van der Waals surface area contributed by atoms with Crippen molar-refractivity contribution >= 4 is 5.91 Å². The highest BCUT2D eigenvalue weighted by molar-refractivity contribution is 5.84. The quantitative estimate of drug-likeness (QED) is 0.869. The molecule has 1 saturated heterocycles. The van der Waals surface area contributed by atoms with Gasteiger partial charge in [0.25, 0.3) is 0 Å². The first-order valence-electron chi connectivity index (χ1n) is 8.96. The van der Waals surface area contributed by atoms with E-state index in [1.807, 2.05) is 16.9 Å². The molecular weight excluding hydrogens is 300 g/mol. The number of nitrogens with zero attached hydrogens (tertiary/aromatic N) is 4. The molecule has 1 aliphatic carbocycles. The summed E-state index contributed by atoms with van der Waals surface area (Å²) in [4.78, 5) is 15.3. The molecule has 0 spiro atoms. The molecule has 2 fully saturated rings. The molecule has 1 aliphatic heterocycles. The van der Waals surface area contributed by atoms with Crippen LogP contribution in [0.5, 0.6) is 0 Å². The maximum atomic E-state index is 13.2. The highest BCUT2D eigenvalue weighted by atomic mass is 16.2. The second kappa shape index (κ2) is 6.38. The van der Waals surface area contributed by atoms with Crippen LogP contribution >= 0.6 is 0 Å². The minimum atomic E-state index is -0.151. The third kappa shape index (κ3) is 2.83. The second-order valence-electron chi connectivity index (χ2n) is 7.20. The molecular formula is C19H24N4O. The maximum Gasteiger partial charge on any atom is 0.229 e. The zero-order valence-corrected chi connectivity index (χ0v) is 14.0. The number of aromatic nitrogens is 3. The summed E-state index contributed by atoms with van der Waals surface area (Å²) >= 11 is 0. The number of carbonyl (C=O) groups is 1. The van der Waals surface area contributed by atoms with Crippen molar-refractivity contribution in [1.29, 1.82) is 0 Å². The third-order valence-electron chi connectivity index (χ3n) is 5.72. The van der Waals surface area contributed by atoms with Crippen LogP contribution in [0, 0.1) is 5.41 Å². The Bertz CT molecular complexity index is 671. The Morgan fingerprint density at radius 2 is 1.92 bits per heavy atom. The van der Waals surface area contributed by atoms with Gasteiger partial charge in [0.1, 0.15) is 0 Å². The predicted octanol–water partition coefficient (Wildman–Crippen LogP) is 2.85. The summed E-state index contributed by atoms with van der Waals surface area (Å²) in [5.74, 6) is 0.370. The molecule has 0 radical (unpaired) electrons. The van der Waals surface area contributed by atoms with Crippen molar-refractivity contribution in [2.24, 2.45) is 5.41 Å². The Morgan fingerprint density at radius 1 is 1.17 bits per heavy atom. The molecule has 2 aromatic rings. The first-order chi connectivity index (χ1) is 11.8. The molecule has 0 unspecified atom stereocenters. The topological polar surface area (TPSA) is 51.0 Å². The average Bonchev–Trinajstić information content (AvgIpc) is 3.13. The molecule has 1 saturated carbocycles. The summed E-state index contributed by atoms with van der Waals surface area (Å²) in [6.07, 6.45) is 9.70. The van der Waals surface area contributed by atoms with E-state index in [1.165, 1.54) is 12.0 Å². The van der Waals surface area contributed by atoms with Crippen LogP contribution in [-0.2, 0) is 11.2 Å². The molecule has 5 nitrogen and oxygen atoms in total. The van der Waals surface area contributed by atoms with Crippen LogP contribution in [0.3, 0.4) is 0 Å². The number of amides is 1. The average molecular weight is 324 g/mol. The lowest BCUT2D eigenvalue weighted by atomic mass is 9.64. The van der Waals surface area contributed by atoms with E-state index >= 15 is 0 Å². The molecule has 0 bridgehead atoms. The number of piperidine rings is 1. The number of rotatable bonds is 4. The normalized spacial score (nSPS) is 20.6. The molecule has 24 heavy (non-hydrogen) atoms. The van der Waals surface area contributed by atoms with E-state index in [1.54, 1.807) is 6.20 Å². The van der Waals surface area contributed by atoms with Gasteiger partial charge in [0.05, 0.1) is 17.7 Å². The third-order valence-corrected chi connectivity index (χ3v) is 5.72. The van der Waals surface area contributed by atoms with E-state index < -0.39 is 0 Å². The monoisotopic (exact) mass is 324 g/mol. The van der Waals surface area contributed by atoms with E-state index in [2.05, 4.69) is 39.5 Å². The molecule has 1 amide bonds. The molecule has 2 heterocycles. The SMILES string of the molecule is O=C(N1CCC(n2ccnn2)CC1)C1(Cc2ccccc2)CCC1. The van der Waals surface area contributed by atoms with Crippen LogP contribution in [0.2, 0.25) is 0 Å². The minimum Gasteiger partial charge on any atom is -0.342 e. The molecule has 0 N–H and O–H groups in total. The first-order valence-corrected chi connectivity index (χ1v) is 8.96. The number of hydrogen-bond acceptors (Lipinski definition) is 3. The van der Waals surface area contributed by atoms with Crippen molar-refractivity contribution in [2.45, 2.75) is 44.6 Å². The molecule has 0 atom stereocenters. The van der Waals surface area contributed by atoms with Gasteiger partial charge in [-0.1, -0.05) is 42.0 Å². The van der Waals surface area contributed by atoms with E-state index in [0.717, 1.165) is 45.2 Å². The minimum absolute atomic E-state index is 0.151. The Kier molecular flexibility index (Phi) is 4.08. The molecule has 5 heteroatoms. The molecule has 2 aliphatic rings. The standard InChI is InChI=1S/C19H24N4O/c24-18(19(9-4-10-19)15-16-5-2-1-3-6-16)22-12-7-17(8-13-22)23-14-11-20-21-23/h1-3,5-6,11,14,17H,4,7-10,12-13,15H2. The highest BCUT2D eigenvalue weighted by Crippen LogP contribution is 2.45. The number of hydrogen-bond donors (Lipinski definition) is 0. The van der Waals surface area contributed by atoms with E-state index in [0.29, 0.717) is 11.9 Å². The van der Waals surface area contributed by atoms with Crippen molar-refractivity contribution < 1.29 is 4.79 Å². The van der Waals surface area contributed by atoms with Crippen LogP contribution in [0.1, 0.15) is 43.7 Å². The van der Waals surface area contributed by atoms with E-state index in [-0.39, 0.29) is 5.41 Å². The van der Waals surface area contributed by atoms with Gasteiger partial charge in [0.2, 0.25) is 5.91 Å². The molecule has 4 rings (SSSR count). The van der Waals surface area contributed by atoms with Gasteiger partial charge in [-0.3, -0.25) is 4.79 Å².